The Labute approximate surface area is 111 Å². The molecule has 19 heavy (non-hydrogen) atoms. The first-order chi connectivity index (χ1) is 8.80. The summed E-state index contributed by atoms with van der Waals surface area (Å²) in [6.45, 7) is 5.16. The van der Waals surface area contributed by atoms with Crippen molar-refractivity contribution in [2.24, 2.45) is 0 Å². The highest BCUT2D eigenvalue weighted by Gasteiger charge is 2.42. The van der Waals surface area contributed by atoms with Gasteiger partial charge in [0.05, 0.1) is 24.9 Å². The van der Waals surface area contributed by atoms with Gasteiger partial charge in [-0.05, 0) is 13.8 Å². The van der Waals surface area contributed by atoms with Gasteiger partial charge in [-0.15, -0.1) is 0 Å². The number of aliphatic hydroxyl groups is 1. The fraction of sp³-hybridized carbons (Fsp3) is 0.833. The molecule has 2 aliphatic rings. The summed E-state index contributed by atoms with van der Waals surface area (Å²) in [5.74, 6) is -1.07. The van der Waals surface area contributed by atoms with Gasteiger partial charge in [-0.2, -0.15) is 0 Å². The molecule has 0 aromatic carbocycles. The van der Waals surface area contributed by atoms with E-state index in [0.717, 1.165) is 0 Å². The minimum Gasteiger partial charge on any atom is -0.480 e. The number of morpholine rings is 1. The molecule has 7 nitrogen and oxygen atoms in total. The lowest BCUT2D eigenvalue weighted by atomic mass is 10.1. The van der Waals surface area contributed by atoms with Crippen molar-refractivity contribution in [1.29, 1.82) is 0 Å². The van der Waals surface area contributed by atoms with E-state index in [4.69, 9.17) is 9.84 Å². The average Bonchev–Trinajstić information content (AvgIpc) is 2.69. The molecule has 0 bridgehead atoms. The number of likely N-dealkylation sites (tertiary alicyclic amines) is 1. The fourth-order valence-electron chi connectivity index (χ4n) is 2.62. The SMILES string of the molecule is CC1(C)CN(C(=O)N2CC(O)CC2C(=O)O)CCO1. The van der Waals surface area contributed by atoms with E-state index in [2.05, 4.69) is 0 Å². The molecular formula is C12H20N2O5. The normalized spacial score (nSPS) is 30.5. The molecule has 0 spiro atoms. The smallest absolute Gasteiger partial charge is 0.326 e. The molecule has 7 heteroatoms. The molecule has 2 heterocycles. The number of rotatable bonds is 1. The molecule has 2 fully saturated rings. The number of ether oxygens (including phenoxy) is 1. The van der Waals surface area contributed by atoms with Gasteiger partial charge in [0.1, 0.15) is 6.04 Å². The van der Waals surface area contributed by atoms with Crippen molar-refractivity contribution >= 4 is 12.0 Å². The Morgan fingerprint density at radius 2 is 2.05 bits per heavy atom. The molecule has 0 aliphatic carbocycles. The summed E-state index contributed by atoms with van der Waals surface area (Å²) in [6, 6.07) is -1.27. The van der Waals surface area contributed by atoms with Gasteiger partial charge in [0, 0.05) is 19.5 Å². The van der Waals surface area contributed by atoms with Crippen LogP contribution in [-0.4, -0.2) is 76.0 Å². The Kier molecular flexibility index (Phi) is 3.69. The number of hydrogen-bond donors (Lipinski definition) is 2. The second-order valence-corrected chi connectivity index (χ2v) is 5.71. The molecule has 0 saturated carbocycles. The molecule has 2 aliphatic heterocycles. The molecule has 0 radical (unpaired) electrons. The third-order valence-corrected chi connectivity index (χ3v) is 3.51. The molecule has 2 amide bonds. The van der Waals surface area contributed by atoms with Crippen LogP contribution in [0.3, 0.4) is 0 Å². The maximum atomic E-state index is 12.4. The Morgan fingerprint density at radius 3 is 2.63 bits per heavy atom. The number of carbonyl (C=O) groups is 2. The van der Waals surface area contributed by atoms with E-state index in [-0.39, 0.29) is 19.0 Å². The second kappa shape index (κ2) is 4.97. The van der Waals surface area contributed by atoms with Crippen LogP contribution in [0.15, 0.2) is 0 Å². The van der Waals surface area contributed by atoms with Gasteiger partial charge in [0.15, 0.2) is 0 Å². The topological polar surface area (TPSA) is 90.3 Å². The van der Waals surface area contributed by atoms with Crippen molar-refractivity contribution in [2.45, 2.75) is 38.0 Å². The third-order valence-electron chi connectivity index (χ3n) is 3.51. The van der Waals surface area contributed by atoms with Crippen LogP contribution in [0.4, 0.5) is 4.79 Å². The summed E-state index contributed by atoms with van der Waals surface area (Å²) >= 11 is 0. The molecule has 0 aromatic heterocycles. The Morgan fingerprint density at radius 1 is 1.37 bits per heavy atom. The first-order valence-corrected chi connectivity index (χ1v) is 6.40. The van der Waals surface area contributed by atoms with Crippen LogP contribution < -0.4 is 0 Å². The molecule has 2 saturated heterocycles. The van der Waals surface area contributed by atoms with Crippen LogP contribution in [0.2, 0.25) is 0 Å². The number of amides is 2. The minimum absolute atomic E-state index is 0.0770. The predicted octanol–water partition coefficient (Wildman–Crippen LogP) is -0.263. The molecular weight excluding hydrogens is 252 g/mol. The van der Waals surface area contributed by atoms with Crippen LogP contribution in [0.5, 0.6) is 0 Å². The van der Waals surface area contributed by atoms with Gasteiger partial charge in [0.2, 0.25) is 0 Å². The fourth-order valence-corrected chi connectivity index (χ4v) is 2.62. The largest absolute Gasteiger partial charge is 0.480 e. The van der Waals surface area contributed by atoms with Gasteiger partial charge >= 0.3 is 12.0 Å². The van der Waals surface area contributed by atoms with E-state index >= 15 is 0 Å². The van der Waals surface area contributed by atoms with E-state index in [1.54, 1.807) is 4.90 Å². The highest BCUT2D eigenvalue weighted by Crippen LogP contribution is 2.23. The van der Waals surface area contributed by atoms with Gasteiger partial charge < -0.3 is 24.7 Å². The standard InChI is InChI=1S/C12H20N2O5/c1-12(2)7-13(3-4-19-12)11(18)14-6-8(15)5-9(14)10(16)17/h8-9,15H,3-7H2,1-2H3,(H,16,17). The van der Waals surface area contributed by atoms with Gasteiger partial charge in [-0.3, -0.25) is 0 Å². The number of carbonyl (C=O) groups excluding carboxylic acids is 1. The number of carboxylic acids is 1. The molecule has 2 unspecified atom stereocenters. The molecule has 108 valence electrons. The number of nitrogens with zero attached hydrogens (tertiary/aromatic N) is 2. The highest BCUT2D eigenvalue weighted by molar-refractivity contribution is 5.83. The Bertz CT molecular complexity index is 384. The molecule has 2 atom stereocenters. The van der Waals surface area contributed by atoms with Crippen LogP contribution >= 0.6 is 0 Å². The quantitative estimate of drug-likeness (QED) is 0.686. The summed E-state index contributed by atoms with van der Waals surface area (Å²) in [5.41, 5.74) is -0.426. The molecule has 2 N–H and O–H groups in total. The van der Waals surface area contributed by atoms with Gasteiger partial charge in [0.25, 0.3) is 0 Å². The average molecular weight is 272 g/mol. The van der Waals surface area contributed by atoms with Crippen LogP contribution in [0, 0.1) is 0 Å². The maximum absolute atomic E-state index is 12.4. The zero-order valence-electron chi connectivity index (χ0n) is 11.2. The summed E-state index contributed by atoms with van der Waals surface area (Å²) in [4.78, 5) is 26.3. The van der Waals surface area contributed by atoms with E-state index in [1.807, 2.05) is 13.8 Å². The lowest BCUT2D eigenvalue weighted by molar-refractivity contribution is -0.141. The molecule has 2 rings (SSSR count). The van der Waals surface area contributed by atoms with Crippen molar-refractivity contribution in [3.63, 3.8) is 0 Å². The minimum atomic E-state index is -1.07. The Balaban J connectivity index is 2.08. The number of urea groups is 1. The summed E-state index contributed by atoms with van der Waals surface area (Å²) in [6.07, 6.45) is -0.673. The predicted molar refractivity (Wildman–Crippen MR) is 65.8 cm³/mol. The van der Waals surface area contributed by atoms with E-state index in [9.17, 15) is 14.7 Å². The number of hydrogen-bond acceptors (Lipinski definition) is 4. The highest BCUT2D eigenvalue weighted by atomic mass is 16.5. The van der Waals surface area contributed by atoms with Gasteiger partial charge in [-0.1, -0.05) is 0 Å². The van der Waals surface area contributed by atoms with Crippen molar-refractivity contribution in [2.75, 3.05) is 26.2 Å². The zero-order valence-corrected chi connectivity index (χ0v) is 11.2. The van der Waals surface area contributed by atoms with E-state index in [1.165, 1.54) is 4.90 Å². The van der Waals surface area contributed by atoms with Crippen LogP contribution in [0.25, 0.3) is 0 Å². The first kappa shape index (κ1) is 14.1. The summed E-state index contributed by atoms with van der Waals surface area (Å²) in [7, 11) is 0. The third kappa shape index (κ3) is 2.98. The lowest BCUT2D eigenvalue weighted by Gasteiger charge is -2.40. The maximum Gasteiger partial charge on any atom is 0.326 e. The van der Waals surface area contributed by atoms with Crippen molar-refractivity contribution < 1.29 is 24.5 Å². The lowest BCUT2D eigenvalue weighted by Crippen LogP contribution is -2.56. The monoisotopic (exact) mass is 272 g/mol. The van der Waals surface area contributed by atoms with Crippen molar-refractivity contribution in [3.8, 4) is 0 Å². The van der Waals surface area contributed by atoms with Crippen molar-refractivity contribution in [1.82, 2.24) is 9.80 Å². The van der Waals surface area contributed by atoms with Crippen molar-refractivity contribution in [3.05, 3.63) is 0 Å². The van der Waals surface area contributed by atoms with Gasteiger partial charge in [-0.25, -0.2) is 9.59 Å². The summed E-state index contributed by atoms with van der Waals surface area (Å²) < 4.78 is 5.53. The number of β-amino-alcohol motifs (C(OH)–C–C–N with tert-alkyl or cyclic N) is 1. The first-order valence-electron chi connectivity index (χ1n) is 6.40. The number of aliphatic hydroxyl groups excluding tert-OH is 1. The summed E-state index contributed by atoms with van der Waals surface area (Å²) in [5, 5.41) is 18.7. The van der Waals surface area contributed by atoms with E-state index in [0.29, 0.717) is 19.7 Å². The van der Waals surface area contributed by atoms with Crippen LogP contribution in [-0.2, 0) is 9.53 Å². The second-order valence-electron chi connectivity index (χ2n) is 5.71. The van der Waals surface area contributed by atoms with Crippen LogP contribution in [0.1, 0.15) is 20.3 Å². The molecule has 0 aromatic rings. The van der Waals surface area contributed by atoms with E-state index < -0.39 is 23.7 Å². The zero-order chi connectivity index (χ0) is 14.2. The Hall–Kier alpha value is -1.34. The number of carboxylic acid groups (broad SMARTS) is 1. The number of aliphatic carboxylic acids is 1.